The van der Waals surface area contributed by atoms with Crippen LogP contribution >= 0.6 is 0 Å². The molecule has 0 spiro atoms. The number of rotatable bonds is 5. The number of aliphatic hydroxyl groups is 1. The number of H-pyrrole nitrogens is 1. The van der Waals surface area contributed by atoms with E-state index in [1.165, 1.54) is 18.2 Å². The number of fused-ring (bicyclic) bond motifs is 1. The first-order valence-electron chi connectivity index (χ1n) is 9.13. The van der Waals surface area contributed by atoms with Crippen molar-refractivity contribution in [3.63, 3.8) is 0 Å². The summed E-state index contributed by atoms with van der Waals surface area (Å²) in [5, 5.41) is 11.9. The zero-order valence-electron chi connectivity index (χ0n) is 14.9. The number of carbonyl (C=O) groups excluding carboxylic acids is 1. The Bertz CT molecular complexity index is 1020. The molecule has 1 fully saturated rings. The molecule has 1 aliphatic carbocycles. The molecule has 0 saturated heterocycles. The number of carbonyl (C=O) groups is 1. The van der Waals surface area contributed by atoms with E-state index in [0.29, 0.717) is 29.5 Å². The van der Waals surface area contributed by atoms with Gasteiger partial charge in [0, 0.05) is 23.9 Å². The van der Waals surface area contributed by atoms with Gasteiger partial charge in [-0.05, 0) is 60.2 Å². The van der Waals surface area contributed by atoms with E-state index < -0.39 is 11.6 Å². The number of aromatic nitrogens is 1. The van der Waals surface area contributed by atoms with Crippen molar-refractivity contribution in [2.45, 2.75) is 18.8 Å². The molecule has 1 heterocycles. The number of halogens is 3. The van der Waals surface area contributed by atoms with Gasteiger partial charge in [-0.3, -0.25) is 4.79 Å². The Morgan fingerprint density at radius 2 is 1.82 bits per heavy atom. The summed E-state index contributed by atoms with van der Waals surface area (Å²) >= 11 is 0. The molecule has 4 rings (SSSR count). The summed E-state index contributed by atoms with van der Waals surface area (Å²) < 4.78 is 41.5. The van der Waals surface area contributed by atoms with Crippen molar-refractivity contribution in [2.75, 3.05) is 13.2 Å². The highest BCUT2D eigenvalue weighted by molar-refractivity contribution is 5.92. The van der Waals surface area contributed by atoms with Crippen LogP contribution < -0.4 is 5.32 Å². The number of aromatic amines is 1. The third-order valence-corrected chi connectivity index (χ3v) is 5.33. The molecule has 146 valence electrons. The maximum atomic E-state index is 14.3. The number of amides is 1. The fourth-order valence-corrected chi connectivity index (χ4v) is 3.90. The van der Waals surface area contributed by atoms with Crippen LogP contribution in [0.2, 0.25) is 0 Å². The summed E-state index contributed by atoms with van der Waals surface area (Å²) in [4.78, 5) is 15.1. The number of hydrogen-bond donors (Lipinski definition) is 3. The van der Waals surface area contributed by atoms with Crippen LogP contribution in [0.15, 0.2) is 36.4 Å². The lowest BCUT2D eigenvalue weighted by Crippen LogP contribution is -2.39. The molecule has 1 saturated carbocycles. The second kappa shape index (κ2) is 7.31. The number of aliphatic hydroxyl groups excluding tert-OH is 1. The summed E-state index contributed by atoms with van der Waals surface area (Å²) in [6.07, 6.45) is 1.08. The van der Waals surface area contributed by atoms with Crippen LogP contribution in [-0.2, 0) is 4.79 Å². The van der Waals surface area contributed by atoms with Gasteiger partial charge in [-0.2, -0.15) is 0 Å². The van der Waals surface area contributed by atoms with Gasteiger partial charge in [0.25, 0.3) is 0 Å². The van der Waals surface area contributed by atoms with Gasteiger partial charge in [-0.15, -0.1) is 0 Å². The summed E-state index contributed by atoms with van der Waals surface area (Å²) in [6.45, 7) is 0.0714. The Morgan fingerprint density at radius 3 is 2.50 bits per heavy atom. The van der Waals surface area contributed by atoms with Gasteiger partial charge >= 0.3 is 0 Å². The Morgan fingerprint density at radius 1 is 1.11 bits per heavy atom. The SMILES string of the molecule is O=C(NCCO)[C@H]1C[C@@H](c2c(-c3ccc(F)cc3)[nH]c3c(F)cc(F)cc32)C1. The molecule has 0 aliphatic heterocycles. The average molecular weight is 388 g/mol. The van der Waals surface area contributed by atoms with Crippen LogP contribution in [0.25, 0.3) is 22.2 Å². The molecular formula is C21H19F3N2O2. The van der Waals surface area contributed by atoms with Crippen molar-refractivity contribution < 1.29 is 23.1 Å². The molecule has 3 aromatic rings. The Kier molecular flexibility index (Phi) is 4.85. The normalized spacial score (nSPS) is 18.9. The van der Waals surface area contributed by atoms with Gasteiger partial charge in [0.1, 0.15) is 17.5 Å². The number of benzene rings is 2. The first kappa shape index (κ1) is 18.6. The maximum Gasteiger partial charge on any atom is 0.223 e. The first-order valence-corrected chi connectivity index (χ1v) is 9.13. The van der Waals surface area contributed by atoms with Crippen LogP contribution in [0.5, 0.6) is 0 Å². The van der Waals surface area contributed by atoms with Gasteiger partial charge in [-0.1, -0.05) is 0 Å². The summed E-state index contributed by atoms with van der Waals surface area (Å²) in [7, 11) is 0. The van der Waals surface area contributed by atoms with E-state index in [-0.39, 0.29) is 42.2 Å². The monoisotopic (exact) mass is 388 g/mol. The highest BCUT2D eigenvalue weighted by atomic mass is 19.1. The third-order valence-electron chi connectivity index (χ3n) is 5.33. The van der Waals surface area contributed by atoms with Gasteiger partial charge < -0.3 is 15.4 Å². The molecule has 7 heteroatoms. The maximum absolute atomic E-state index is 14.3. The van der Waals surface area contributed by atoms with Crippen LogP contribution in [0.1, 0.15) is 24.3 Å². The lowest BCUT2D eigenvalue weighted by molar-refractivity contribution is -0.128. The lowest BCUT2D eigenvalue weighted by Gasteiger charge is -2.35. The van der Waals surface area contributed by atoms with Crippen molar-refractivity contribution in [1.29, 1.82) is 0 Å². The highest BCUT2D eigenvalue weighted by Crippen LogP contribution is 2.48. The van der Waals surface area contributed by atoms with Gasteiger partial charge in [0.15, 0.2) is 0 Å². The Labute approximate surface area is 159 Å². The van der Waals surface area contributed by atoms with E-state index in [9.17, 15) is 18.0 Å². The van der Waals surface area contributed by atoms with Crippen molar-refractivity contribution in [1.82, 2.24) is 10.3 Å². The fraction of sp³-hybridized carbons (Fsp3) is 0.286. The molecule has 1 aliphatic rings. The quantitative estimate of drug-likeness (QED) is 0.622. The zero-order valence-corrected chi connectivity index (χ0v) is 14.9. The van der Waals surface area contributed by atoms with Gasteiger partial charge in [0.05, 0.1) is 17.8 Å². The molecule has 0 atom stereocenters. The minimum absolute atomic E-state index is 0.0557. The van der Waals surface area contributed by atoms with Crippen molar-refractivity contribution >= 4 is 16.8 Å². The highest BCUT2D eigenvalue weighted by Gasteiger charge is 2.38. The average Bonchev–Trinajstić information content (AvgIpc) is 2.99. The molecule has 0 radical (unpaired) electrons. The largest absolute Gasteiger partial charge is 0.395 e. The van der Waals surface area contributed by atoms with E-state index in [1.807, 2.05) is 0 Å². The van der Waals surface area contributed by atoms with Crippen LogP contribution in [0.4, 0.5) is 13.2 Å². The van der Waals surface area contributed by atoms with Crippen molar-refractivity contribution in [3.05, 3.63) is 59.4 Å². The van der Waals surface area contributed by atoms with Crippen LogP contribution in [-0.4, -0.2) is 29.1 Å². The minimum atomic E-state index is -0.693. The Balaban J connectivity index is 1.73. The molecule has 1 aromatic heterocycles. The summed E-state index contributed by atoms with van der Waals surface area (Å²) in [5.41, 5.74) is 2.22. The van der Waals surface area contributed by atoms with Crippen LogP contribution in [0, 0.1) is 23.4 Å². The molecule has 1 amide bonds. The molecule has 0 bridgehead atoms. The molecule has 2 aromatic carbocycles. The summed E-state index contributed by atoms with van der Waals surface area (Å²) in [6, 6.07) is 7.91. The molecule has 3 N–H and O–H groups in total. The van der Waals surface area contributed by atoms with E-state index >= 15 is 0 Å². The standard InChI is InChI=1S/C21H19F3N2O2/c22-14-3-1-11(2-4-14)19-18(12-7-13(8-12)21(28)25-5-6-27)16-9-15(23)10-17(24)20(16)26-19/h1-4,9-10,12-13,26-27H,5-8H2,(H,25,28)/t12-,13+. The van der Waals surface area contributed by atoms with Gasteiger partial charge in [-0.25, -0.2) is 13.2 Å². The smallest absolute Gasteiger partial charge is 0.223 e. The molecule has 28 heavy (non-hydrogen) atoms. The van der Waals surface area contributed by atoms with Crippen LogP contribution in [0.3, 0.4) is 0 Å². The van der Waals surface area contributed by atoms with Crippen molar-refractivity contribution in [2.24, 2.45) is 5.92 Å². The van der Waals surface area contributed by atoms with Gasteiger partial charge in [0.2, 0.25) is 5.91 Å². The van der Waals surface area contributed by atoms with E-state index in [0.717, 1.165) is 11.6 Å². The van der Waals surface area contributed by atoms with E-state index in [1.54, 1.807) is 12.1 Å². The third kappa shape index (κ3) is 3.26. The van der Waals surface area contributed by atoms with E-state index in [4.69, 9.17) is 5.11 Å². The lowest BCUT2D eigenvalue weighted by atomic mass is 9.70. The second-order valence-electron chi connectivity index (χ2n) is 7.11. The number of hydrogen-bond acceptors (Lipinski definition) is 2. The summed E-state index contributed by atoms with van der Waals surface area (Å²) in [5.74, 6) is -2.15. The first-order chi connectivity index (χ1) is 13.5. The second-order valence-corrected chi connectivity index (χ2v) is 7.11. The van der Waals surface area contributed by atoms with Crippen molar-refractivity contribution in [3.8, 4) is 11.3 Å². The minimum Gasteiger partial charge on any atom is -0.395 e. The molecular weight excluding hydrogens is 369 g/mol. The topological polar surface area (TPSA) is 65.1 Å². The van der Waals surface area contributed by atoms with E-state index in [2.05, 4.69) is 10.3 Å². The zero-order chi connectivity index (χ0) is 19.8. The molecule has 4 nitrogen and oxygen atoms in total. The predicted molar refractivity (Wildman–Crippen MR) is 99.2 cm³/mol. The molecule has 0 unspecified atom stereocenters. The fourth-order valence-electron chi connectivity index (χ4n) is 3.90. The number of nitrogens with one attached hydrogen (secondary N) is 2. The Hall–Kier alpha value is -2.80. The predicted octanol–water partition coefficient (Wildman–Crippen LogP) is 3.85.